The predicted octanol–water partition coefficient (Wildman–Crippen LogP) is 0.986. The Morgan fingerprint density at radius 2 is 2.20 bits per heavy atom. The fourth-order valence-corrected chi connectivity index (χ4v) is 0.841. The highest BCUT2D eigenvalue weighted by Gasteiger charge is 2.18. The fourth-order valence-electron chi connectivity index (χ4n) is 0.841. The number of nitrogens with one attached hydrogen (secondary N) is 1. The highest BCUT2D eigenvalue weighted by atomic mass is 16.6. The molecule has 0 aliphatic heterocycles. The van der Waals surface area contributed by atoms with E-state index >= 15 is 0 Å². The number of alkyl carbamates (subject to hydrolysis) is 1. The van der Waals surface area contributed by atoms with Crippen LogP contribution in [0.15, 0.2) is 5.16 Å². The largest absolute Gasteiger partial charge is 0.444 e. The first-order valence-electron chi connectivity index (χ1n) is 4.55. The van der Waals surface area contributed by atoms with Crippen molar-refractivity contribution in [3.63, 3.8) is 0 Å². The molecular weight excluding hydrogens is 200 g/mol. The molecule has 0 saturated carbocycles. The zero-order valence-corrected chi connectivity index (χ0v) is 9.48. The van der Waals surface area contributed by atoms with E-state index in [-0.39, 0.29) is 6.61 Å². The van der Waals surface area contributed by atoms with E-state index in [1.807, 2.05) is 0 Å². The maximum atomic E-state index is 11.3. The standard InChI is InChI=1S/C9H18N2O4/c1-9(2,3)15-8(12)11-7(5-10-13)6-14-4/h5,7,13H,6H2,1-4H3,(H,11,12). The minimum absolute atomic E-state index is 0.212. The van der Waals surface area contributed by atoms with Crippen LogP contribution in [-0.2, 0) is 9.47 Å². The molecule has 0 fully saturated rings. The van der Waals surface area contributed by atoms with Gasteiger partial charge in [0.05, 0.1) is 18.9 Å². The summed E-state index contributed by atoms with van der Waals surface area (Å²) in [6, 6.07) is -0.505. The molecular formula is C9H18N2O4. The van der Waals surface area contributed by atoms with Crippen molar-refractivity contribution in [1.82, 2.24) is 5.32 Å². The van der Waals surface area contributed by atoms with Crippen molar-refractivity contribution < 1.29 is 19.5 Å². The second-order valence-electron chi connectivity index (χ2n) is 3.97. The van der Waals surface area contributed by atoms with Crippen molar-refractivity contribution in [2.75, 3.05) is 13.7 Å². The van der Waals surface area contributed by atoms with Crippen LogP contribution >= 0.6 is 0 Å². The summed E-state index contributed by atoms with van der Waals surface area (Å²) in [4.78, 5) is 11.3. The van der Waals surface area contributed by atoms with Gasteiger partial charge < -0.3 is 20.0 Å². The summed E-state index contributed by atoms with van der Waals surface area (Å²) < 4.78 is 9.83. The van der Waals surface area contributed by atoms with Crippen LogP contribution in [0.3, 0.4) is 0 Å². The summed E-state index contributed by atoms with van der Waals surface area (Å²) in [5.74, 6) is 0. The van der Waals surface area contributed by atoms with Crippen LogP contribution in [0.2, 0.25) is 0 Å². The summed E-state index contributed by atoms with van der Waals surface area (Å²) >= 11 is 0. The normalized spacial score (nSPS) is 13.9. The van der Waals surface area contributed by atoms with Crippen LogP contribution in [0.5, 0.6) is 0 Å². The molecule has 6 heteroatoms. The first-order chi connectivity index (χ1) is 6.89. The molecule has 6 nitrogen and oxygen atoms in total. The Labute approximate surface area is 89.2 Å². The van der Waals surface area contributed by atoms with Crippen molar-refractivity contribution in [1.29, 1.82) is 0 Å². The van der Waals surface area contributed by atoms with Gasteiger partial charge in [0.25, 0.3) is 0 Å². The van der Waals surface area contributed by atoms with Gasteiger partial charge in [-0.15, -0.1) is 0 Å². The number of methoxy groups -OCH3 is 1. The smallest absolute Gasteiger partial charge is 0.408 e. The summed E-state index contributed by atoms with van der Waals surface area (Å²) in [5.41, 5.74) is -0.557. The maximum absolute atomic E-state index is 11.3. The second-order valence-corrected chi connectivity index (χ2v) is 3.97. The number of carbonyl (C=O) groups is 1. The second kappa shape index (κ2) is 6.23. The topological polar surface area (TPSA) is 80.2 Å². The zero-order chi connectivity index (χ0) is 11.9. The van der Waals surface area contributed by atoms with E-state index in [4.69, 9.17) is 14.7 Å². The van der Waals surface area contributed by atoms with Crippen LogP contribution in [0, 0.1) is 0 Å². The quantitative estimate of drug-likeness (QED) is 0.419. The molecule has 0 aliphatic rings. The fraction of sp³-hybridized carbons (Fsp3) is 0.778. The lowest BCUT2D eigenvalue weighted by Crippen LogP contribution is -2.42. The summed E-state index contributed by atoms with van der Waals surface area (Å²) in [6.45, 7) is 5.50. The van der Waals surface area contributed by atoms with Crippen molar-refractivity contribution in [3.05, 3.63) is 0 Å². The highest BCUT2D eigenvalue weighted by molar-refractivity contribution is 5.75. The Morgan fingerprint density at radius 1 is 1.60 bits per heavy atom. The summed E-state index contributed by atoms with van der Waals surface area (Å²) in [7, 11) is 1.48. The minimum atomic E-state index is -0.579. The number of ether oxygens (including phenoxy) is 2. The van der Waals surface area contributed by atoms with E-state index < -0.39 is 17.7 Å². The molecule has 0 aliphatic carbocycles. The van der Waals surface area contributed by atoms with Gasteiger partial charge in [-0.3, -0.25) is 0 Å². The Kier molecular flexibility index (Phi) is 5.69. The van der Waals surface area contributed by atoms with E-state index in [2.05, 4.69) is 10.5 Å². The van der Waals surface area contributed by atoms with Crippen molar-refractivity contribution in [2.24, 2.45) is 5.16 Å². The molecule has 15 heavy (non-hydrogen) atoms. The molecule has 0 spiro atoms. The van der Waals surface area contributed by atoms with Gasteiger partial charge in [-0.05, 0) is 20.8 Å². The minimum Gasteiger partial charge on any atom is -0.444 e. The Morgan fingerprint density at radius 3 is 2.60 bits per heavy atom. The van der Waals surface area contributed by atoms with Crippen molar-refractivity contribution >= 4 is 12.3 Å². The molecule has 2 N–H and O–H groups in total. The first kappa shape index (κ1) is 13.7. The van der Waals surface area contributed by atoms with E-state index in [1.54, 1.807) is 20.8 Å². The summed E-state index contributed by atoms with van der Waals surface area (Å²) in [5, 5.41) is 13.6. The molecule has 1 unspecified atom stereocenters. The first-order valence-corrected chi connectivity index (χ1v) is 4.55. The van der Waals surface area contributed by atoms with Gasteiger partial charge in [0.2, 0.25) is 0 Å². The molecule has 1 amide bonds. The third kappa shape index (κ3) is 7.75. The molecule has 1 atom stereocenters. The third-order valence-corrected chi connectivity index (χ3v) is 1.29. The van der Waals surface area contributed by atoms with Crippen molar-refractivity contribution in [2.45, 2.75) is 32.4 Å². The molecule has 0 radical (unpaired) electrons. The average molecular weight is 218 g/mol. The van der Waals surface area contributed by atoms with Gasteiger partial charge in [0.1, 0.15) is 5.60 Å². The van der Waals surface area contributed by atoms with E-state index in [9.17, 15) is 4.79 Å². The van der Waals surface area contributed by atoms with Crippen LogP contribution in [0.4, 0.5) is 4.79 Å². The molecule has 0 aromatic carbocycles. The third-order valence-electron chi connectivity index (χ3n) is 1.29. The lowest BCUT2D eigenvalue weighted by molar-refractivity contribution is 0.0495. The Bertz CT molecular complexity index is 223. The number of hydrogen-bond acceptors (Lipinski definition) is 5. The number of rotatable bonds is 4. The Hall–Kier alpha value is -1.30. The number of amides is 1. The summed E-state index contributed by atoms with van der Waals surface area (Å²) in [6.07, 6.45) is 0.581. The molecule has 0 heterocycles. The molecule has 0 aromatic rings. The lowest BCUT2D eigenvalue weighted by Gasteiger charge is -2.21. The van der Waals surface area contributed by atoms with Gasteiger partial charge in [-0.1, -0.05) is 5.16 Å². The predicted molar refractivity (Wildman–Crippen MR) is 55.3 cm³/mol. The van der Waals surface area contributed by atoms with Gasteiger partial charge >= 0.3 is 6.09 Å². The highest BCUT2D eigenvalue weighted by Crippen LogP contribution is 2.06. The van der Waals surface area contributed by atoms with E-state index in [0.29, 0.717) is 0 Å². The van der Waals surface area contributed by atoms with Crippen LogP contribution in [0.1, 0.15) is 20.8 Å². The van der Waals surface area contributed by atoms with Crippen LogP contribution in [0.25, 0.3) is 0 Å². The molecule has 0 bridgehead atoms. The van der Waals surface area contributed by atoms with Crippen LogP contribution in [-0.4, -0.2) is 42.9 Å². The lowest BCUT2D eigenvalue weighted by atomic mass is 10.2. The van der Waals surface area contributed by atoms with Gasteiger partial charge in [0, 0.05) is 7.11 Å². The van der Waals surface area contributed by atoms with Gasteiger partial charge in [-0.25, -0.2) is 4.79 Å². The number of carbonyl (C=O) groups excluding carboxylic acids is 1. The van der Waals surface area contributed by atoms with E-state index in [0.717, 1.165) is 6.21 Å². The van der Waals surface area contributed by atoms with Gasteiger partial charge in [0.15, 0.2) is 0 Å². The molecule has 0 aromatic heterocycles. The SMILES string of the molecule is COCC(C=NO)NC(=O)OC(C)(C)C. The van der Waals surface area contributed by atoms with Crippen molar-refractivity contribution in [3.8, 4) is 0 Å². The number of oxime groups is 1. The zero-order valence-electron chi connectivity index (χ0n) is 9.48. The van der Waals surface area contributed by atoms with Crippen LogP contribution < -0.4 is 5.32 Å². The molecule has 88 valence electrons. The molecule has 0 rings (SSSR count). The number of hydrogen-bond donors (Lipinski definition) is 2. The maximum Gasteiger partial charge on any atom is 0.408 e. The Balaban J connectivity index is 4.11. The monoisotopic (exact) mass is 218 g/mol. The number of nitrogens with zero attached hydrogens (tertiary/aromatic N) is 1. The average Bonchev–Trinajstić information content (AvgIpc) is 2.00. The van der Waals surface area contributed by atoms with E-state index in [1.165, 1.54) is 7.11 Å². The van der Waals surface area contributed by atoms with Gasteiger partial charge in [-0.2, -0.15) is 0 Å². The molecule has 0 saturated heterocycles.